The van der Waals surface area contributed by atoms with Crippen LogP contribution in [0.5, 0.6) is 0 Å². The second-order valence-corrected chi connectivity index (χ2v) is 3.14. The predicted molar refractivity (Wildman–Crippen MR) is 43.1 cm³/mol. The number of rotatable bonds is 2. The van der Waals surface area contributed by atoms with E-state index >= 15 is 0 Å². The Morgan fingerprint density at radius 2 is 2.45 bits per heavy atom. The van der Waals surface area contributed by atoms with Crippen molar-refractivity contribution in [2.75, 3.05) is 6.61 Å². The second-order valence-electron chi connectivity index (χ2n) is 3.14. The molecule has 0 aromatic rings. The van der Waals surface area contributed by atoms with Crippen molar-refractivity contribution in [3.8, 4) is 0 Å². The minimum atomic E-state index is -0.685. The lowest BCUT2D eigenvalue weighted by molar-refractivity contribution is 0.202. The van der Waals surface area contributed by atoms with Gasteiger partial charge >= 0.3 is 0 Å². The molecule has 1 aliphatic rings. The maximum Gasteiger partial charge on any atom is 0.107 e. The van der Waals surface area contributed by atoms with E-state index in [1.54, 1.807) is 0 Å². The first kappa shape index (κ1) is 8.72. The summed E-state index contributed by atoms with van der Waals surface area (Å²) >= 11 is 0. The summed E-state index contributed by atoms with van der Waals surface area (Å²) < 4.78 is 13.0. The number of hydrogen-bond donors (Lipinski definition) is 1. The zero-order valence-electron chi connectivity index (χ0n) is 6.89. The Balaban J connectivity index is 2.53. The van der Waals surface area contributed by atoms with Gasteiger partial charge in [-0.1, -0.05) is 19.4 Å². The molecular formula is C9H15FO. The number of alkyl halides is 1. The lowest BCUT2D eigenvalue weighted by atomic mass is 9.86. The van der Waals surface area contributed by atoms with Crippen LogP contribution in [0.1, 0.15) is 26.2 Å². The third-order valence-corrected chi connectivity index (χ3v) is 2.40. The molecule has 1 nitrogen and oxygen atoms in total. The molecule has 0 aliphatic heterocycles. The third kappa shape index (κ3) is 2.03. The molecule has 1 rings (SSSR count). The van der Waals surface area contributed by atoms with Gasteiger partial charge in [0.2, 0.25) is 0 Å². The summed E-state index contributed by atoms with van der Waals surface area (Å²) in [5.41, 5.74) is 1.01. The van der Waals surface area contributed by atoms with Gasteiger partial charge in [0.05, 0.1) is 6.61 Å². The number of halogens is 1. The molecule has 0 aromatic carbocycles. The van der Waals surface area contributed by atoms with Crippen molar-refractivity contribution in [2.24, 2.45) is 5.92 Å². The van der Waals surface area contributed by atoms with Gasteiger partial charge in [-0.15, -0.1) is 0 Å². The quantitative estimate of drug-likeness (QED) is 0.610. The zero-order chi connectivity index (χ0) is 8.27. The Morgan fingerprint density at radius 1 is 1.73 bits per heavy atom. The first-order chi connectivity index (χ1) is 5.27. The van der Waals surface area contributed by atoms with E-state index in [9.17, 15) is 4.39 Å². The highest BCUT2D eigenvalue weighted by atomic mass is 19.1. The van der Waals surface area contributed by atoms with E-state index in [1.807, 2.05) is 13.0 Å². The highest BCUT2D eigenvalue weighted by Gasteiger charge is 2.23. The van der Waals surface area contributed by atoms with Crippen LogP contribution in [0, 0.1) is 5.92 Å². The molecule has 2 atom stereocenters. The third-order valence-electron chi connectivity index (χ3n) is 2.40. The van der Waals surface area contributed by atoms with Crippen LogP contribution in [0.15, 0.2) is 11.6 Å². The van der Waals surface area contributed by atoms with Gasteiger partial charge < -0.3 is 5.11 Å². The molecule has 0 fully saturated rings. The molecule has 0 amide bonds. The lowest BCUT2D eigenvalue weighted by Gasteiger charge is -2.24. The van der Waals surface area contributed by atoms with E-state index in [1.165, 1.54) is 0 Å². The van der Waals surface area contributed by atoms with E-state index in [0.29, 0.717) is 6.42 Å². The average Bonchev–Trinajstić information content (AvgIpc) is 2.05. The number of hydrogen-bond acceptors (Lipinski definition) is 1. The molecule has 1 aliphatic carbocycles. The minimum absolute atomic E-state index is 0.100. The predicted octanol–water partition coefficient (Wildman–Crippen LogP) is 2.06. The molecule has 2 unspecified atom stereocenters. The molecule has 64 valence electrons. The molecule has 0 saturated carbocycles. The van der Waals surface area contributed by atoms with Crippen LogP contribution in [0.2, 0.25) is 0 Å². The van der Waals surface area contributed by atoms with Crippen LogP contribution < -0.4 is 0 Å². The Hall–Kier alpha value is -0.370. The summed E-state index contributed by atoms with van der Waals surface area (Å²) in [5.74, 6) is 0.141. The second kappa shape index (κ2) is 3.86. The van der Waals surface area contributed by atoms with Gasteiger partial charge in [0, 0.05) is 0 Å². The normalized spacial score (nSPS) is 31.7. The highest BCUT2D eigenvalue weighted by molar-refractivity contribution is 5.09. The number of aliphatic hydroxyl groups excluding tert-OH is 1. The maximum atomic E-state index is 13.0. The fourth-order valence-corrected chi connectivity index (χ4v) is 1.55. The first-order valence-electron chi connectivity index (χ1n) is 4.20. The molecule has 0 heterocycles. The Kier molecular flexibility index (Phi) is 3.06. The van der Waals surface area contributed by atoms with E-state index in [-0.39, 0.29) is 12.5 Å². The largest absolute Gasteiger partial charge is 0.392 e. The zero-order valence-corrected chi connectivity index (χ0v) is 6.89. The molecule has 2 heteroatoms. The van der Waals surface area contributed by atoms with Crippen LogP contribution in [0.25, 0.3) is 0 Å². The molecule has 0 radical (unpaired) electrons. The van der Waals surface area contributed by atoms with Gasteiger partial charge in [-0.3, -0.25) is 0 Å². The Labute approximate surface area is 66.9 Å². The van der Waals surface area contributed by atoms with Crippen molar-refractivity contribution in [1.82, 2.24) is 0 Å². The fourth-order valence-electron chi connectivity index (χ4n) is 1.55. The minimum Gasteiger partial charge on any atom is -0.392 e. The van der Waals surface area contributed by atoms with Gasteiger partial charge in [-0.25, -0.2) is 4.39 Å². The average molecular weight is 158 g/mol. The van der Waals surface area contributed by atoms with Crippen molar-refractivity contribution < 1.29 is 9.50 Å². The van der Waals surface area contributed by atoms with Gasteiger partial charge in [0.1, 0.15) is 6.17 Å². The fraction of sp³-hybridized carbons (Fsp3) is 0.778. The molecule has 0 aromatic heterocycles. The molecule has 0 saturated heterocycles. The van der Waals surface area contributed by atoms with Crippen molar-refractivity contribution in [3.63, 3.8) is 0 Å². The molecular weight excluding hydrogens is 143 g/mol. The molecule has 0 spiro atoms. The van der Waals surface area contributed by atoms with Crippen LogP contribution >= 0.6 is 0 Å². The first-order valence-corrected chi connectivity index (χ1v) is 4.20. The maximum absolute atomic E-state index is 13.0. The SMILES string of the molecule is CCC1CC(CO)=CCC1F. The lowest BCUT2D eigenvalue weighted by Crippen LogP contribution is -2.20. The number of allylic oxidation sites excluding steroid dienone is 1. The summed E-state index contributed by atoms with van der Waals surface area (Å²) in [6.45, 7) is 2.10. The molecule has 1 N–H and O–H groups in total. The van der Waals surface area contributed by atoms with E-state index < -0.39 is 6.17 Å². The van der Waals surface area contributed by atoms with Crippen LogP contribution in [0.4, 0.5) is 4.39 Å². The summed E-state index contributed by atoms with van der Waals surface area (Å²) in [4.78, 5) is 0. The van der Waals surface area contributed by atoms with Gasteiger partial charge in [-0.05, 0) is 24.3 Å². The van der Waals surface area contributed by atoms with Gasteiger partial charge in [0.15, 0.2) is 0 Å². The van der Waals surface area contributed by atoms with Gasteiger partial charge in [-0.2, -0.15) is 0 Å². The standard InChI is InChI=1S/C9H15FO/c1-2-8-5-7(6-11)3-4-9(8)10/h3,8-9,11H,2,4-6H2,1H3. The summed E-state index contributed by atoms with van der Waals surface area (Å²) in [7, 11) is 0. The van der Waals surface area contributed by atoms with Crippen molar-refractivity contribution in [1.29, 1.82) is 0 Å². The Morgan fingerprint density at radius 3 is 3.00 bits per heavy atom. The molecule has 0 bridgehead atoms. The monoisotopic (exact) mass is 158 g/mol. The van der Waals surface area contributed by atoms with E-state index in [2.05, 4.69) is 0 Å². The Bertz CT molecular complexity index is 154. The summed E-state index contributed by atoms with van der Waals surface area (Å²) in [5, 5.41) is 8.80. The van der Waals surface area contributed by atoms with Crippen LogP contribution in [0.3, 0.4) is 0 Å². The highest BCUT2D eigenvalue weighted by Crippen LogP contribution is 2.28. The van der Waals surface area contributed by atoms with Gasteiger partial charge in [0.25, 0.3) is 0 Å². The number of aliphatic hydroxyl groups is 1. The van der Waals surface area contributed by atoms with Crippen molar-refractivity contribution in [3.05, 3.63) is 11.6 Å². The topological polar surface area (TPSA) is 20.2 Å². The summed E-state index contributed by atoms with van der Waals surface area (Å²) in [6.07, 6.45) is 3.26. The summed E-state index contributed by atoms with van der Waals surface area (Å²) in [6, 6.07) is 0. The molecule has 11 heavy (non-hydrogen) atoms. The van der Waals surface area contributed by atoms with Crippen molar-refractivity contribution in [2.45, 2.75) is 32.4 Å². The van der Waals surface area contributed by atoms with Crippen molar-refractivity contribution >= 4 is 0 Å². The van der Waals surface area contributed by atoms with Crippen LogP contribution in [-0.4, -0.2) is 17.9 Å². The van der Waals surface area contributed by atoms with Crippen LogP contribution in [-0.2, 0) is 0 Å². The van der Waals surface area contributed by atoms with E-state index in [4.69, 9.17) is 5.11 Å². The smallest absolute Gasteiger partial charge is 0.107 e. The van der Waals surface area contributed by atoms with E-state index in [0.717, 1.165) is 18.4 Å².